The Hall–Kier alpha value is -1.71. The molecule has 0 radical (unpaired) electrons. The fraction of sp³-hybridized carbons (Fsp3) is 0.682. The predicted octanol–water partition coefficient (Wildman–Crippen LogP) is 4.18. The number of hydrogen-bond donors (Lipinski definition) is 1. The molecule has 1 amide bonds. The highest BCUT2D eigenvalue weighted by atomic mass is 16.5. The molecule has 1 N–H and O–H groups in total. The summed E-state index contributed by atoms with van der Waals surface area (Å²) in [5.74, 6) is 4.16. The Morgan fingerprint density at radius 2 is 1.65 bits per heavy atom. The molecule has 1 heterocycles. The van der Waals surface area contributed by atoms with E-state index in [2.05, 4.69) is 12.2 Å². The second kappa shape index (κ2) is 6.17. The van der Waals surface area contributed by atoms with Gasteiger partial charge in [-0.15, -0.1) is 0 Å². The lowest BCUT2D eigenvalue weighted by Crippen LogP contribution is -2.55. The normalized spacial score (nSPS) is 35.7. The van der Waals surface area contributed by atoms with Crippen molar-refractivity contribution in [1.82, 2.24) is 5.32 Å². The minimum atomic E-state index is 0.0175. The number of fused-ring (bicyclic) bond motifs is 1. The number of benzene rings is 1. The molecule has 1 aromatic carbocycles. The largest absolute Gasteiger partial charge is 0.490 e. The number of nitrogens with one attached hydrogen (secondary N) is 1. The zero-order valence-corrected chi connectivity index (χ0v) is 15.6. The van der Waals surface area contributed by atoms with E-state index in [4.69, 9.17) is 9.47 Å². The molecular weight excluding hydrogens is 326 g/mol. The minimum absolute atomic E-state index is 0.0175. The molecule has 0 spiro atoms. The number of amides is 1. The molecule has 4 saturated carbocycles. The van der Waals surface area contributed by atoms with Crippen molar-refractivity contribution in [1.29, 1.82) is 0 Å². The lowest BCUT2D eigenvalue weighted by atomic mass is 9.48. The van der Waals surface area contributed by atoms with Crippen molar-refractivity contribution in [3.63, 3.8) is 0 Å². The average molecular weight is 355 g/mol. The van der Waals surface area contributed by atoms with E-state index in [1.807, 2.05) is 18.2 Å². The van der Waals surface area contributed by atoms with Crippen LogP contribution in [0.2, 0.25) is 0 Å². The third-order valence-corrected chi connectivity index (χ3v) is 7.36. The molecular formula is C22H29NO3. The molecule has 4 nitrogen and oxygen atoms in total. The van der Waals surface area contributed by atoms with Crippen molar-refractivity contribution in [3.05, 3.63) is 23.8 Å². The van der Waals surface area contributed by atoms with Crippen molar-refractivity contribution >= 4 is 5.91 Å². The highest BCUT2D eigenvalue weighted by molar-refractivity contribution is 5.95. The number of ether oxygens (including phenoxy) is 2. The highest BCUT2D eigenvalue weighted by Gasteiger charge is 2.53. The van der Waals surface area contributed by atoms with Gasteiger partial charge in [-0.1, -0.05) is 0 Å². The first-order valence-corrected chi connectivity index (χ1v) is 10.3. The highest BCUT2D eigenvalue weighted by Crippen LogP contribution is 2.61. The molecule has 140 valence electrons. The van der Waals surface area contributed by atoms with Crippen LogP contribution in [0.15, 0.2) is 18.2 Å². The quantitative estimate of drug-likeness (QED) is 0.885. The van der Waals surface area contributed by atoms with Crippen LogP contribution in [0.5, 0.6) is 11.5 Å². The summed E-state index contributed by atoms with van der Waals surface area (Å²) in [5, 5.41) is 3.34. The molecule has 0 saturated heterocycles. The predicted molar refractivity (Wildman–Crippen MR) is 99.6 cm³/mol. The summed E-state index contributed by atoms with van der Waals surface area (Å²) in [4.78, 5) is 12.9. The Morgan fingerprint density at radius 1 is 1.04 bits per heavy atom. The first-order chi connectivity index (χ1) is 12.6. The Morgan fingerprint density at radius 3 is 2.31 bits per heavy atom. The first kappa shape index (κ1) is 16.5. The van der Waals surface area contributed by atoms with E-state index >= 15 is 0 Å². The van der Waals surface area contributed by atoms with Crippen LogP contribution in [0.1, 0.15) is 62.2 Å². The molecule has 5 aliphatic rings. The zero-order valence-electron chi connectivity index (χ0n) is 15.6. The van der Waals surface area contributed by atoms with Crippen molar-refractivity contribution in [2.75, 3.05) is 13.2 Å². The molecule has 4 fully saturated rings. The zero-order chi connectivity index (χ0) is 17.7. The van der Waals surface area contributed by atoms with Crippen LogP contribution >= 0.6 is 0 Å². The van der Waals surface area contributed by atoms with E-state index in [-0.39, 0.29) is 11.9 Å². The molecule has 4 heteroatoms. The number of hydrogen-bond acceptors (Lipinski definition) is 3. The summed E-state index contributed by atoms with van der Waals surface area (Å²) in [5.41, 5.74) is 1.00. The maximum atomic E-state index is 12.9. The van der Waals surface area contributed by atoms with Gasteiger partial charge in [0.15, 0.2) is 11.5 Å². The van der Waals surface area contributed by atoms with Gasteiger partial charge < -0.3 is 14.8 Å². The van der Waals surface area contributed by atoms with E-state index in [0.29, 0.717) is 29.9 Å². The summed E-state index contributed by atoms with van der Waals surface area (Å²) in [7, 11) is 0. The van der Waals surface area contributed by atoms with Gasteiger partial charge in [0.2, 0.25) is 0 Å². The lowest BCUT2D eigenvalue weighted by molar-refractivity contribution is -0.0688. The van der Waals surface area contributed by atoms with E-state index < -0.39 is 0 Å². The van der Waals surface area contributed by atoms with Crippen LogP contribution in [0.4, 0.5) is 0 Å². The number of carbonyl (C=O) groups excluding carboxylic acids is 1. The van der Waals surface area contributed by atoms with Gasteiger partial charge in [0, 0.05) is 18.0 Å². The monoisotopic (exact) mass is 355 g/mol. The lowest BCUT2D eigenvalue weighted by Gasteiger charge is -2.59. The Bertz CT molecular complexity index is 678. The van der Waals surface area contributed by atoms with Crippen LogP contribution in [-0.2, 0) is 0 Å². The van der Waals surface area contributed by atoms with Gasteiger partial charge in [0.1, 0.15) is 0 Å². The third kappa shape index (κ3) is 2.78. The molecule has 26 heavy (non-hydrogen) atoms. The van der Waals surface area contributed by atoms with Gasteiger partial charge in [-0.05, 0) is 86.8 Å². The molecule has 1 atom stereocenters. The summed E-state index contributed by atoms with van der Waals surface area (Å²) in [6, 6.07) is 5.79. The molecule has 1 aliphatic heterocycles. The number of carbonyl (C=O) groups is 1. The van der Waals surface area contributed by atoms with E-state index in [0.717, 1.165) is 29.9 Å². The van der Waals surface area contributed by atoms with Gasteiger partial charge in [-0.25, -0.2) is 0 Å². The minimum Gasteiger partial charge on any atom is -0.490 e. The second-order valence-electron chi connectivity index (χ2n) is 9.19. The molecule has 4 bridgehead atoms. The molecule has 1 aromatic rings. The third-order valence-electron chi connectivity index (χ3n) is 7.36. The van der Waals surface area contributed by atoms with Crippen molar-refractivity contribution in [2.24, 2.45) is 23.2 Å². The van der Waals surface area contributed by atoms with Crippen LogP contribution in [0.25, 0.3) is 0 Å². The molecule has 6 rings (SSSR count). The van der Waals surface area contributed by atoms with Crippen molar-refractivity contribution in [3.8, 4) is 11.5 Å². The summed E-state index contributed by atoms with van der Waals surface area (Å²) < 4.78 is 11.4. The fourth-order valence-corrected chi connectivity index (χ4v) is 6.45. The van der Waals surface area contributed by atoms with Gasteiger partial charge >= 0.3 is 0 Å². The van der Waals surface area contributed by atoms with Crippen molar-refractivity contribution < 1.29 is 14.3 Å². The van der Waals surface area contributed by atoms with Crippen molar-refractivity contribution in [2.45, 2.75) is 57.9 Å². The standard InChI is InChI=1S/C22H29NO3/c1-14(22-11-15-7-16(12-22)9-17(8-15)13-22)23-21(24)18-3-4-19-20(10-18)26-6-2-5-25-19/h3-4,10,14-17H,2,5-9,11-13H2,1H3,(H,23,24). The van der Waals surface area contributed by atoms with E-state index in [1.165, 1.54) is 38.5 Å². The Labute approximate surface area is 155 Å². The topological polar surface area (TPSA) is 47.6 Å². The maximum Gasteiger partial charge on any atom is 0.251 e. The molecule has 0 aromatic heterocycles. The van der Waals surface area contributed by atoms with E-state index in [1.54, 1.807) is 0 Å². The fourth-order valence-electron chi connectivity index (χ4n) is 6.45. The summed E-state index contributed by atoms with van der Waals surface area (Å²) in [6.07, 6.45) is 9.09. The van der Waals surface area contributed by atoms with Crippen LogP contribution in [0, 0.1) is 23.2 Å². The smallest absolute Gasteiger partial charge is 0.251 e. The van der Waals surface area contributed by atoms with E-state index in [9.17, 15) is 4.79 Å². The van der Waals surface area contributed by atoms with Crippen LogP contribution in [0.3, 0.4) is 0 Å². The Balaban J connectivity index is 1.32. The van der Waals surface area contributed by atoms with Crippen LogP contribution < -0.4 is 14.8 Å². The maximum absolute atomic E-state index is 12.9. The first-order valence-electron chi connectivity index (χ1n) is 10.3. The van der Waals surface area contributed by atoms with Gasteiger partial charge in [0.25, 0.3) is 5.91 Å². The Kier molecular flexibility index (Phi) is 3.91. The summed E-state index contributed by atoms with van der Waals surface area (Å²) >= 11 is 0. The van der Waals surface area contributed by atoms with Gasteiger partial charge in [0.05, 0.1) is 13.2 Å². The average Bonchev–Trinajstić information content (AvgIpc) is 2.85. The van der Waals surface area contributed by atoms with Crippen LogP contribution in [-0.4, -0.2) is 25.2 Å². The van der Waals surface area contributed by atoms with Gasteiger partial charge in [-0.3, -0.25) is 4.79 Å². The molecule has 4 aliphatic carbocycles. The SMILES string of the molecule is CC(NC(=O)c1ccc2c(c1)OCCCO2)C12CC3CC(CC(C3)C1)C2. The number of rotatable bonds is 3. The summed E-state index contributed by atoms with van der Waals surface area (Å²) in [6.45, 7) is 3.54. The van der Waals surface area contributed by atoms with Gasteiger partial charge in [-0.2, -0.15) is 0 Å². The second-order valence-corrected chi connectivity index (χ2v) is 9.19. The molecule has 1 unspecified atom stereocenters.